The number of aromatic nitrogens is 4. The van der Waals surface area contributed by atoms with Crippen molar-refractivity contribution in [2.75, 3.05) is 6.54 Å². The van der Waals surface area contributed by atoms with Gasteiger partial charge in [0.15, 0.2) is 0 Å². The van der Waals surface area contributed by atoms with Crippen LogP contribution in [0.2, 0.25) is 0 Å². The van der Waals surface area contributed by atoms with E-state index in [9.17, 15) is 4.79 Å². The fraction of sp³-hybridized carbons (Fsp3) is 0.421. The van der Waals surface area contributed by atoms with E-state index in [4.69, 9.17) is 0 Å². The topological polar surface area (TPSA) is 66.3 Å². The van der Waals surface area contributed by atoms with E-state index >= 15 is 0 Å². The van der Waals surface area contributed by atoms with Crippen molar-refractivity contribution < 1.29 is 0 Å². The van der Waals surface area contributed by atoms with Crippen LogP contribution in [0, 0.1) is 6.92 Å². The number of nitrogens with zero attached hydrogens (tertiary/aromatic N) is 4. The van der Waals surface area contributed by atoms with E-state index in [-0.39, 0.29) is 11.5 Å². The van der Waals surface area contributed by atoms with Crippen LogP contribution in [0.3, 0.4) is 0 Å². The molecule has 6 nitrogen and oxygen atoms in total. The number of hydrogen-bond acceptors (Lipinski definition) is 4. The van der Waals surface area contributed by atoms with Gasteiger partial charge in [-0.1, -0.05) is 19.9 Å². The smallest absolute Gasteiger partial charge is 0.255 e. The molecule has 3 aromatic heterocycles. The van der Waals surface area contributed by atoms with Crippen LogP contribution in [-0.4, -0.2) is 30.8 Å². The molecule has 0 saturated heterocycles. The highest BCUT2D eigenvalue weighted by atomic mass is 16.1. The minimum absolute atomic E-state index is 0.00765. The number of rotatable bonds is 3. The number of H-pyrrole nitrogens is 1. The van der Waals surface area contributed by atoms with E-state index in [0.29, 0.717) is 6.54 Å². The summed E-state index contributed by atoms with van der Waals surface area (Å²) in [6, 6.07) is 6.04. The number of nitrogens with one attached hydrogen (secondary N) is 1. The van der Waals surface area contributed by atoms with Gasteiger partial charge in [0, 0.05) is 38.2 Å². The van der Waals surface area contributed by atoms with Crippen LogP contribution >= 0.6 is 0 Å². The van der Waals surface area contributed by atoms with Crippen LogP contribution < -0.4 is 5.56 Å². The molecular weight excluding hydrogens is 314 g/mol. The predicted molar refractivity (Wildman–Crippen MR) is 96.7 cm³/mol. The summed E-state index contributed by atoms with van der Waals surface area (Å²) in [6.45, 7) is 8.46. The van der Waals surface area contributed by atoms with Crippen molar-refractivity contribution >= 4 is 5.65 Å². The number of imidazole rings is 1. The highest BCUT2D eigenvalue weighted by molar-refractivity contribution is 5.42. The SMILES string of the molecule is Cc1nc2ccccn2c1CN1CCc2nc(C(C)C)[nH]c(=O)c2C1. The fourth-order valence-electron chi connectivity index (χ4n) is 3.48. The molecule has 4 rings (SSSR count). The molecule has 0 bridgehead atoms. The van der Waals surface area contributed by atoms with E-state index in [1.807, 2.05) is 45.2 Å². The Hall–Kier alpha value is -2.47. The summed E-state index contributed by atoms with van der Waals surface area (Å²) in [4.78, 5) is 27.0. The number of pyridine rings is 1. The maximum absolute atomic E-state index is 12.5. The van der Waals surface area contributed by atoms with Crippen molar-refractivity contribution in [1.29, 1.82) is 0 Å². The second-order valence-electron chi connectivity index (χ2n) is 7.06. The van der Waals surface area contributed by atoms with E-state index in [1.54, 1.807) is 0 Å². The number of aromatic amines is 1. The molecule has 1 N–H and O–H groups in total. The van der Waals surface area contributed by atoms with Crippen LogP contribution in [-0.2, 0) is 19.5 Å². The molecular formula is C19H23N5O. The van der Waals surface area contributed by atoms with E-state index in [0.717, 1.165) is 47.9 Å². The average Bonchev–Trinajstić information content (AvgIpc) is 2.91. The lowest BCUT2D eigenvalue weighted by molar-refractivity contribution is 0.237. The molecule has 0 spiro atoms. The zero-order chi connectivity index (χ0) is 17.6. The first-order valence-electron chi connectivity index (χ1n) is 8.80. The molecule has 0 saturated carbocycles. The lowest BCUT2D eigenvalue weighted by Crippen LogP contribution is -2.36. The standard InChI is InChI=1S/C19H23N5O/c1-12(2)18-21-15-7-9-23(10-14(15)19(25)22-18)11-16-13(3)20-17-6-4-5-8-24(16)17/h4-6,8,12H,7,9-11H2,1-3H3,(H,21,22,25). The van der Waals surface area contributed by atoms with Crippen LogP contribution in [0.1, 0.15) is 48.2 Å². The van der Waals surface area contributed by atoms with Crippen molar-refractivity contribution in [3.63, 3.8) is 0 Å². The lowest BCUT2D eigenvalue weighted by Gasteiger charge is -2.28. The third-order valence-corrected chi connectivity index (χ3v) is 4.92. The van der Waals surface area contributed by atoms with Gasteiger partial charge in [-0.25, -0.2) is 9.97 Å². The van der Waals surface area contributed by atoms with Crippen molar-refractivity contribution in [3.8, 4) is 0 Å². The molecule has 130 valence electrons. The van der Waals surface area contributed by atoms with Gasteiger partial charge in [-0.2, -0.15) is 0 Å². The molecule has 4 heterocycles. The van der Waals surface area contributed by atoms with Crippen molar-refractivity contribution in [2.45, 2.75) is 46.2 Å². The molecule has 1 aliphatic heterocycles. The third kappa shape index (κ3) is 2.87. The van der Waals surface area contributed by atoms with Crippen molar-refractivity contribution in [1.82, 2.24) is 24.3 Å². The van der Waals surface area contributed by atoms with Gasteiger partial charge in [-0.3, -0.25) is 9.69 Å². The van der Waals surface area contributed by atoms with Gasteiger partial charge in [0.25, 0.3) is 5.56 Å². The van der Waals surface area contributed by atoms with Crippen molar-refractivity contribution in [2.24, 2.45) is 0 Å². The van der Waals surface area contributed by atoms with E-state index in [1.165, 1.54) is 5.69 Å². The van der Waals surface area contributed by atoms with Crippen LogP contribution in [0.15, 0.2) is 29.2 Å². The Bertz CT molecular complexity index is 985. The molecule has 0 unspecified atom stereocenters. The van der Waals surface area contributed by atoms with E-state index in [2.05, 4.69) is 24.3 Å². The lowest BCUT2D eigenvalue weighted by atomic mass is 10.1. The van der Waals surface area contributed by atoms with Gasteiger partial charge in [-0.15, -0.1) is 0 Å². The normalized spacial score (nSPS) is 15.0. The summed E-state index contributed by atoms with van der Waals surface area (Å²) in [5.41, 5.74) is 4.96. The summed E-state index contributed by atoms with van der Waals surface area (Å²) in [5, 5.41) is 0. The monoisotopic (exact) mass is 337 g/mol. The first-order valence-corrected chi connectivity index (χ1v) is 8.80. The Morgan fingerprint density at radius 1 is 1.28 bits per heavy atom. The quantitative estimate of drug-likeness (QED) is 0.797. The average molecular weight is 337 g/mol. The molecule has 0 atom stereocenters. The molecule has 0 radical (unpaired) electrons. The molecule has 3 aromatic rings. The minimum atomic E-state index is 0.00765. The van der Waals surface area contributed by atoms with Crippen molar-refractivity contribution in [3.05, 3.63) is 63.2 Å². The highest BCUT2D eigenvalue weighted by Crippen LogP contribution is 2.20. The largest absolute Gasteiger partial charge is 0.310 e. The number of aryl methyl sites for hydroxylation is 1. The first kappa shape index (κ1) is 16.0. The Morgan fingerprint density at radius 3 is 2.92 bits per heavy atom. The summed E-state index contributed by atoms with van der Waals surface area (Å²) in [6.07, 6.45) is 2.86. The van der Waals surface area contributed by atoms with Gasteiger partial charge < -0.3 is 9.38 Å². The predicted octanol–water partition coefficient (Wildman–Crippen LogP) is 2.41. The number of fused-ring (bicyclic) bond motifs is 2. The Balaban J connectivity index is 1.63. The third-order valence-electron chi connectivity index (χ3n) is 4.92. The highest BCUT2D eigenvalue weighted by Gasteiger charge is 2.23. The van der Waals surface area contributed by atoms with Gasteiger partial charge in [0.05, 0.1) is 22.6 Å². The Labute approximate surface area is 146 Å². The summed E-state index contributed by atoms with van der Waals surface area (Å²) in [5.74, 6) is 1.02. The minimum Gasteiger partial charge on any atom is -0.310 e. The number of hydrogen-bond donors (Lipinski definition) is 1. The molecule has 0 amide bonds. The first-order chi connectivity index (χ1) is 12.0. The zero-order valence-electron chi connectivity index (χ0n) is 14.9. The van der Waals surface area contributed by atoms with Crippen LogP contribution in [0.5, 0.6) is 0 Å². The van der Waals surface area contributed by atoms with Gasteiger partial charge in [0.2, 0.25) is 0 Å². The molecule has 25 heavy (non-hydrogen) atoms. The second kappa shape index (κ2) is 6.11. The molecule has 1 aliphatic rings. The summed E-state index contributed by atoms with van der Waals surface area (Å²) < 4.78 is 2.13. The maximum atomic E-state index is 12.5. The summed E-state index contributed by atoms with van der Waals surface area (Å²) >= 11 is 0. The maximum Gasteiger partial charge on any atom is 0.255 e. The van der Waals surface area contributed by atoms with Crippen LogP contribution in [0.4, 0.5) is 0 Å². The molecule has 6 heteroatoms. The van der Waals surface area contributed by atoms with E-state index < -0.39 is 0 Å². The Morgan fingerprint density at radius 2 is 2.12 bits per heavy atom. The summed E-state index contributed by atoms with van der Waals surface area (Å²) in [7, 11) is 0. The second-order valence-corrected chi connectivity index (χ2v) is 7.06. The Kier molecular flexibility index (Phi) is 3.92. The fourth-order valence-corrected chi connectivity index (χ4v) is 3.48. The van der Waals surface area contributed by atoms with Gasteiger partial charge in [-0.05, 0) is 19.1 Å². The van der Waals surface area contributed by atoms with Gasteiger partial charge >= 0.3 is 0 Å². The molecule has 0 aromatic carbocycles. The van der Waals surface area contributed by atoms with Crippen LogP contribution in [0.25, 0.3) is 5.65 Å². The van der Waals surface area contributed by atoms with Gasteiger partial charge in [0.1, 0.15) is 11.5 Å². The molecule has 0 fully saturated rings. The molecule has 0 aliphatic carbocycles. The zero-order valence-corrected chi connectivity index (χ0v) is 14.9.